The van der Waals surface area contributed by atoms with E-state index in [2.05, 4.69) is 6.92 Å². The van der Waals surface area contributed by atoms with Gasteiger partial charge in [0.2, 0.25) is 0 Å². The van der Waals surface area contributed by atoms with Crippen LogP contribution < -0.4 is 0 Å². The van der Waals surface area contributed by atoms with E-state index >= 15 is 0 Å². The van der Waals surface area contributed by atoms with Crippen molar-refractivity contribution >= 4 is 11.8 Å². The Morgan fingerprint density at radius 3 is 2.12 bits per heavy atom. The summed E-state index contributed by atoms with van der Waals surface area (Å²) in [4.78, 5) is 22.6. The van der Waals surface area contributed by atoms with Gasteiger partial charge in [0.15, 0.2) is 0 Å². The molecule has 100 valence electrons. The molecule has 0 radical (unpaired) electrons. The molecule has 0 amide bonds. The van der Waals surface area contributed by atoms with E-state index in [4.69, 9.17) is 4.74 Å². The van der Waals surface area contributed by atoms with Crippen LogP contribution in [0.15, 0.2) is 0 Å². The fraction of sp³-hybridized carbons (Fsp3) is 0.857. The monoisotopic (exact) mass is 242 g/mol. The Bertz CT molecular complexity index is 224. The molecule has 0 aliphatic heterocycles. The number of unbranched alkanes of at least 4 members (excludes halogenated alkanes) is 5. The molecular weight excluding hydrogens is 216 g/mol. The summed E-state index contributed by atoms with van der Waals surface area (Å²) < 4.78 is 5.10. The topological polar surface area (TPSA) is 43.4 Å². The van der Waals surface area contributed by atoms with E-state index in [0.717, 1.165) is 12.8 Å². The number of ketones is 1. The SMILES string of the molecule is CCCCCCCCOC(=O)C(CC)C(C)=O. The standard InChI is InChI=1S/C14H26O3/c1-4-6-7-8-9-10-11-17-14(16)13(5-2)12(3)15/h13H,4-11H2,1-3H3. The van der Waals surface area contributed by atoms with Gasteiger partial charge in [-0.15, -0.1) is 0 Å². The minimum atomic E-state index is -0.560. The predicted octanol–water partition coefficient (Wildman–Crippen LogP) is 3.51. The first-order valence-electron chi connectivity index (χ1n) is 6.80. The molecule has 0 saturated carbocycles. The number of Topliss-reactive ketones (excluding diaryl/α,β-unsaturated/α-hetero) is 1. The first kappa shape index (κ1) is 16.1. The van der Waals surface area contributed by atoms with Crippen LogP contribution in [0.5, 0.6) is 0 Å². The second-order valence-corrected chi connectivity index (χ2v) is 4.51. The van der Waals surface area contributed by atoms with E-state index in [-0.39, 0.29) is 11.8 Å². The van der Waals surface area contributed by atoms with Crippen molar-refractivity contribution < 1.29 is 14.3 Å². The van der Waals surface area contributed by atoms with E-state index in [1.54, 1.807) is 0 Å². The van der Waals surface area contributed by atoms with Crippen LogP contribution in [0.1, 0.15) is 65.7 Å². The number of ether oxygens (including phenoxy) is 1. The Morgan fingerprint density at radius 1 is 1.00 bits per heavy atom. The van der Waals surface area contributed by atoms with Crippen LogP contribution in [-0.2, 0) is 14.3 Å². The normalized spacial score (nSPS) is 12.2. The number of hydrogen-bond acceptors (Lipinski definition) is 3. The summed E-state index contributed by atoms with van der Waals surface area (Å²) in [7, 11) is 0. The molecule has 0 rings (SSSR count). The van der Waals surface area contributed by atoms with Crippen LogP contribution in [0, 0.1) is 5.92 Å². The molecule has 0 aromatic rings. The Hall–Kier alpha value is -0.860. The van der Waals surface area contributed by atoms with Crippen molar-refractivity contribution in [3.05, 3.63) is 0 Å². The predicted molar refractivity (Wildman–Crippen MR) is 68.8 cm³/mol. The molecule has 3 nitrogen and oxygen atoms in total. The molecule has 1 unspecified atom stereocenters. The highest BCUT2D eigenvalue weighted by Gasteiger charge is 2.22. The van der Waals surface area contributed by atoms with E-state index in [1.165, 1.54) is 32.6 Å². The minimum Gasteiger partial charge on any atom is -0.465 e. The van der Waals surface area contributed by atoms with E-state index in [9.17, 15) is 9.59 Å². The lowest BCUT2D eigenvalue weighted by molar-refractivity contribution is -0.151. The third-order valence-electron chi connectivity index (χ3n) is 2.93. The maximum absolute atomic E-state index is 11.5. The van der Waals surface area contributed by atoms with Gasteiger partial charge in [0.1, 0.15) is 11.7 Å². The van der Waals surface area contributed by atoms with Crippen LogP contribution in [0.2, 0.25) is 0 Å². The molecule has 0 heterocycles. The summed E-state index contributed by atoms with van der Waals surface area (Å²) in [6.07, 6.45) is 7.52. The summed E-state index contributed by atoms with van der Waals surface area (Å²) in [6.45, 7) is 5.92. The Morgan fingerprint density at radius 2 is 1.59 bits per heavy atom. The molecule has 3 heteroatoms. The van der Waals surface area contributed by atoms with Crippen LogP contribution in [0.25, 0.3) is 0 Å². The van der Waals surface area contributed by atoms with Gasteiger partial charge in [-0.25, -0.2) is 0 Å². The summed E-state index contributed by atoms with van der Waals surface area (Å²) in [5.41, 5.74) is 0. The number of rotatable bonds is 10. The quantitative estimate of drug-likeness (QED) is 0.334. The summed E-state index contributed by atoms with van der Waals surface area (Å²) in [5.74, 6) is -1.01. The molecule has 0 saturated heterocycles. The first-order valence-corrected chi connectivity index (χ1v) is 6.80. The highest BCUT2D eigenvalue weighted by atomic mass is 16.5. The van der Waals surface area contributed by atoms with Crippen LogP contribution >= 0.6 is 0 Å². The Labute approximate surface area is 105 Å². The molecule has 0 aromatic heterocycles. The van der Waals surface area contributed by atoms with Crippen molar-refractivity contribution in [1.82, 2.24) is 0 Å². The number of hydrogen-bond donors (Lipinski definition) is 0. The number of carbonyl (C=O) groups is 2. The molecule has 1 atom stereocenters. The number of carbonyl (C=O) groups excluding carboxylic acids is 2. The average molecular weight is 242 g/mol. The van der Waals surface area contributed by atoms with Gasteiger partial charge in [0.25, 0.3) is 0 Å². The zero-order valence-corrected chi connectivity index (χ0v) is 11.5. The third kappa shape index (κ3) is 7.94. The molecule has 0 aliphatic carbocycles. The van der Waals surface area contributed by atoms with Gasteiger partial charge in [-0.1, -0.05) is 46.0 Å². The second-order valence-electron chi connectivity index (χ2n) is 4.51. The maximum atomic E-state index is 11.5. The van der Waals surface area contributed by atoms with E-state index < -0.39 is 5.92 Å². The lowest BCUT2D eigenvalue weighted by atomic mass is 10.0. The average Bonchev–Trinajstić information content (AvgIpc) is 2.28. The molecule has 0 bridgehead atoms. The van der Waals surface area contributed by atoms with Crippen molar-refractivity contribution in [1.29, 1.82) is 0 Å². The molecular formula is C14H26O3. The lowest BCUT2D eigenvalue weighted by Crippen LogP contribution is -2.23. The third-order valence-corrected chi connectivity index (χ3v) is 2.93. The van der Waals surface area contributed by atoms with Crippen LogP contribution in [0.4, 0.5) is 0 Å². The largest absolute Gasteiger partial charge is 0.465 e. The highest BCUT2D eigenvalue weighted by molar-refractivity contribution is 5.97. The van der Waals surface area contributed by atoms with Gasteiger partial charge in [-0.3, -0.25) is 9.59 Å². The lowest BCUT2D eigenvalue weighted by Gasteiger charge is -2.10. The van der Waals surface area contributed by atoms with Gasteiger partial charge in [0.05, 0.1) is 6.61 Å². The van der Waals surface area contributed by atoms with Crippen LogP contribution in [0.3, 0.4) is 0 Å². The van der Waals surface area contributed by atoms with E-state index in [0.29, 0.717) is 13.0 Å². The molecule has 0 aromatic carbocycles. The fourth-order valence-corrected chi connectivity index (χ4v) is 1.78. The smallest absolute Gasteiger partial charge is 0.316 e. The van der Waals surface area contributed by atoms with E-state index in [1.807, 2.05) is 6.92 Å². The Balaban J connectivity index is 3.53. The van der Waals surface area contributed by atoms with Crippen molar-refractivity contribution in [2.75, 3.05) is 6.61 Å². The van der Waals surface area contributed by atoms with Gasteiger partial charge < -0.3 is 4.74 Å². The highest BCUT2D eigenvalue weighted by Crippen LogP contribution is 2.09. The van der Waals surface area contributed by atoms with Crippen LogP contribution in [-0.4, -0.2) is 18.4 Å². The molecule has 0 aliphatic rings. The summed E-state index contributed by atoms with van der Waals surface area (Å²) >= 11 is 0. The minimum absolute atomic E-state index is 0.0968. The molecule has 0 spiro atoms. The molecule has 17 heavy (non-hydrogen) atoms. The van der Waals surface area contributed by atoms with Crippen molar-refractivity contribution in [3.8, 4) is 0 Å². The molecule has 0 N–H and O–H groups in total. The Kier molecular flexibility index (Phi) is 9.78. The fourth-order valence-electron chi connectivity index (χ4n) is 1.78. The van der Waals surface area contributed by atoms with Crippen molar-refractivity contribution in [2.24, 2.45) is 5.92 Å². The first-order chi connectivity index (χ1) is 8.13. The zero-order chi connectivity index (χ0) is 13.1. The number of esters is 1. The maximum Gasteiger partial charge on any atom is 0.316 e. The van der Waals surface area contributed by atoms with Gasteiger partial charge in [-0.05, 0) is 19.8 Å². The molecule has 0 fully saturated rings. The van der Waals surface area contributed by atoms with Crippen molar-refractivity contribution in [3.63, 3.8) is 0 Å². The summed E-state index contributed by atoms with van der Waals surface area (Å²) in [5, 5.41) is 0. The van der Waals surface area contributed by atoms with Gasteiger partial charge in [-0.2, -0.15) is 0 Å². The second kappa shape index (κ2) is 10.3. The zero-order valence-electron chi connectivity index (χ0n) is 11.5. The van der Waals surface area contributed by atoms with Gasteiger partial charge >= 0.3 is 5.97 Å². The van der Waals surface area contributed by atoms with Crippen molar-refractivity contribution in [2.45, 2.75) is 65.7 Å². The van der Waals surface area contributed by atoms with Gasteiger partial charge in [0, 0.05) is 0 Å². The summed E-state index contributed by atoms with van der Waals surface area (Å²) in [6, 6.07) is 0.